The lowest BCUT2D eigenvalue weighted by molar-refractivity contribution is 0.260. The molecule has 8 heteroatoms. The second-order valence-corrected chi connectivity index (χ2v) is 7.42. The third kappa shape index (κ3) is 2.52. The Kier molecular flexibility index (Phi) is 3.84. The highest BCUT2D eigenvalue weighted by Gasteiger charge is 2.33. The standard InChI is InChI=1S/C21H20FN5O2/c1-11-17(12(2)29-25-11)14-8-15(22)18-19-20(14)28-10-16(13-6-5-7-23-9-13)27(19)21(24-18)26(3)4/h5-9,16H,10H2,1-4H3. The van der Waals surface area contributed by atoms with Gasteiger partial charge < -0.3 is 14.2 Å². The maximum atomic E-state index is 15.2. The number of halogens is 1. The third-order valence-electron chi connectivity index (χ3n) is 5.32. The fourth-order valence-electron chi connectivity index (χ4n) is 4.06. The summed E-state index contributed by atoms with van der Waals surface area (Å²) in [6, 6.07) is 5.17. The van der Waals surface area contributed by atoms with Crippen LogP contribution in [0.1, 0.15) is 23.1 Å². The molecule has 0 saturated carbocycles. The van der Waals surface area contributed by atoms with E-state index in [1.54, 1.807) is 12.4 Å². The van der Waals surface area contributed by atoms with Crippen LogP contribution in [-0.2, 0) is 0 Å². The van der Waals surface area contributed by atoms with Crippen LogP contribution >= 0.6 is 0 Å². The van der Waals surface area contributed by atoms with Gasteiger partial charge in [0.15, 0.2) is 11.6 Å². The smallest absolute Gasteiger partial charge is 0.206 e. The number of benzene rings is 1. The molecule has 1 aromatic carbocycles. The predicted octanol–water partition coefficient (Wildman–Crippen LogP) is 3.89. The van der Waals surface area contributed by atoms with E-state index in [-0.39, 0.29) is 11.6 Å². The van der Waals surface area contributed by atoms with Crippen molar-refractivity contribution >= 4 is 17.0 Å². The number of nitrogens with zero attached hydrogens (tertiary/aromatic N) is 5. The molecule has 3 aromatic heterocycles. The molecular formula is C21H20FN5O2. The predicted molar refractivity (Wildman–Crippen MR) is 107 cm³/mol. The van der Waals surface area contributed by atoms with Crippen molar-refractivity contribution in [2.45, 2.75) is 19.9 Å². The zero-order valence-electron chi connectivity index (χ0n) is 16.6. The minimum absolute atomic E-state index is 0.169. The SMILES string of the molecule is Cc1noc(C)c1-c1cc(F)c2nc(N(C)C)n3c2c1OCC3c1cccnc1. The first-order valence-corrected chi connectivity index (χ1v) is 9.35. The zero-order valence-corrected chi connectivity index (χ0v) is 16.6. The average molecular weight is 393 g/mol. The Bertz CT molecular complexity index is 1210. The van der Waals surface area contributed by atoms with Crippen molar-refractivity contribution in [3.8, 4) is 16.9 Å². The van der Waals surface area contributed by atoms with Crippen LogP contribution in [0.5, 0.6) is 5.75 Å². The van der Waals surface area contributed by atoms with E-state index < -0.39 is 5.82 Å². The number of rotatable bonds is 3. The summed E-state index contributed by atoms with van der Waals surface area (Å²) >= 11 is 0. The van der Waals surface area contributed by atoms with Crippen molar-refractivity contribution in [1.82, 2.24) is 19.7 Å². The van der Waals surface area contributed by atoms with E-state index in [0.29, 0.717) is 40.8 Å². The van der Waals surface area contributed by atoms with Crippen LogP contribution in [0.4, 0.5) is 10.3 Å². The van der Waals surface area contributed by atoms with E-state index in [1.807, 2.05) is 49.5 Å². The summed E-state index contributed by atoms with van der Waals surface area (Å²) in [5.41, 5.74) is 3.96. The van der Waals surface area contributed by atoms with Gasteiger partial charge in [-0.2, -0.15) is 0 Å². The van der Waals surface area contributed by atoms with E-state index in [4.69, 9.17) is 9.26 Å². The van der Waals surface area contributed by atoms with Gasteiger partial charge in [-0.05, 0) is 31.5 Å². The molecule has 4 aromatic rings. The number of anilines is 1. The normalized spacial score (nSPS) is 15.6. The van der Waals surface area contributed by atoms with Crippen LogP contribution < -0.4 is 9.64 Å². The van der Waals surface area contributed by atoms with Gasteiger partial charge in [-0.3, -0.25) is 9.55 Å². The maximum Gasteiger partial charge on any atom is 0.206 e. The highest BCUT2D eigenvalue weighted by molar-refractivity contribution is 5.94. The lowest BCUT2D eigenvalue weighted by Crippen LogP contribution is -2.27. The molecule has 0 fully saturated rings. The van der Waals surface area contributed by atoms with Gasteiger partial charge in [-0.25, -0.2) is 9.37 Å². The largest absolute Gasteiger partial charge is 0.488 e. The first kappa shape index (κ1) is 17.7. The molecule has 1 unspecified atom stereocenters. The Balaban J connectivity index is 1.86. The Morgan fingerprint density at radius 2 is 2.10 bits per heavy atom. The molecule has 0 radical (unpaired) electrons. The number of hydrogen-bond acceptors (Lipinski definition) is 6. The highest BCUT2D eigenvalue weighted by atomic mass is 19.1. The molecule has 1 atom stereocenters. The van der Waals surface area contributed by atoms with Crippen LogP contribution in [0.15, 0.2) is 35.1 Å². The summed E-state index contributed by atoms with van der Waals surface area (Å²) in [5.74, 6) is 1.47. The molecule has 1 aliphatic heterocycles. The number of imidazole rings is 1. The Hall–Kier alpha value is -3.42. The van der Waals surface area contributed by atoms with Gasteiger partial charge in [0, 0.05) is 32.1 Å². The van der Waals surface area contributed by atoms with Gasteiger partial charge in [0.25, 0.3) is 0 Å². The summed E-state index contributed by atoms with van der Waals surface area (Å²) in [4.78, 5) is 10.7. The quantitative estimate of drug-likeness (QED) is 0.526. The van der Waals surface area contributed by atoms with Gasteiger partial charge in [-0.1, -0.05) is 11.2 Å². The lowest BCUT2D eigenvalue weighted by Gasteiger charge is -2.29. The molecule has 7 nitrogen and oxygen atoms in total. The molecule has 0 N–H and O–H groups in total. The van der Waals surface area contributed by atoms with Crippen molar-refractivity contribution in [2.24, 2.45) is 0 Å². The number of pyridine rings is 1. The fraction of sp³-hybridized carbons (Fsp3) is 0.286. The summed E-state index contributed by atoms with van der Waals surface area (Å²) in [7, 11) is 3.79. The van der Waals surface area contributed by atoms with Crippen LogP contribution in [0.3, 0.4) is 0 Å². The molecular weight excluding hydrogens is 373 g/mol. The molecule has 0 amide bonds. The monoisotopic (exact) mass is 393 g/mol. The van der Waals surface area contributed by atoms with Gasteiger partial charge in [0.1, 0.15) is 23.4 Å². The molecule has 0 spiro atoms. The molecule has 0 saturated heterocycles. The van der Waals surface area contributed by atoms with Crippen LogP contribution in [-0.4, -0.2) is 40.4 Å². The summed E-state index contributed by atoms with van der Waals surface area (Å²) in [6.07, 6.45) is 3.53. The van der Waals surface area contributed by atoms with Gasteiger partial charge in [0.05, 0.1) is 17.3 Å². The lowest BCUT2D eigenvalue weighted by atomic mass is 10.00. The van der Waals surface area contributed by atoms with Crippen LogP contribution in [0.2, 0.25) is 0 Å². The number of ether oxygens (including phenoxy) is 1. The minimum Gasteiger partial charge on any atom is -0.488 e. The maximum absolute atomic E-state index is 15.2. The fourth-order valence-corrected chi connectivity index (χ4v) is 4.06. The number of aryl methyl sites for hydroxylation is 2. The van der Waals surface area contributed by atoms with Gasteiger partial charge >= 0.3 is 0 Å². The molecule has 29 heavy (non-hydrogen) atoms. The summed E-state index contributed by atoms with van der Waals surface area (Å²) in [6.45, 7) is 4.03. The first-order valence-electron chi connectivity index (χ1n) is 9.35. The van der Waals surface area contributed by atoms with Crippen molar-refractivity contribution in [1.29, 1.82) is 0 Å². The Labute approximate surface area is 166 Å². The van der Waals surface area contributed by atoms with Crippen LogP contribution in [0, 0.1) is 19.7 Å². The van der Waals surface area contributed by atoms with Crippen molar-refractivity contribution < 1.29 is 13.7 Å². The van der Waals surface area contributed by atoms with Crippen molar-refractivity contribution in [2.75, 3.05) is 25.6 Å². The number of aromatic nitrogens is 4. The van der Waals surface area contributed by atoms with Gasteiger partial charge in [-0.15, -0.1) is 0 Å². The molecule has 1 aliphatic rings. The van der Waals surface area contributed by atoms with E-state index in [2.05, 4.69) is 15.1 Å². The van der Waals surface area contributed by atoms with E-state index >= 15 is 4.39 Å². The molecule has 148 valence electrons. The number of hydrogen-bond donors (Lipinski definition) is 0. The average Bonchev–Trinajstić information content (AvgIpc) is 3.27. The Morgan fingerprint density at radius 1 is 1.28 bits per heavy atom. The van der Waals surface area contributed by atoms with E-state index in [9.17, 15) is 0 Å². The molecule has 0 bridgehead atoms. The first-order chi connectivity index (χ1) is 14.0. The minimum atomic E-state index is -0.406. The molecule has 5 rings (SSSR count). The second kappa shape index (κ2) is 6.30. The topological polar surface area (TPSA) is 69.2 Å². The molecule has 0 aliphatic carbocycles. The van der Waals surface area contributed by atoms with Crippen LogP contribution in [0.25, 0.3) is 22.2 Å². The third-order valence-corrected chi connectivity index (χ3v) is 5.32. The van der Waals surface area contributed by atoms with E-state index in [1.165, 1.54) is 6.07 Å². The summed E-state index contributed by atoms with van der Waals surface area (Å²) < 4.78 is 28.8. The van der Waals surface area contributed by atoms with Crippen molar-refractivity contribution in [3.63, 3.8) is 0 Å². The zero-order chi connectivity index (χ0) is 20.3. The van der Waals surface area contributed by atoms with E-state index in [0.717, 1.165) is 11.1 Å². The van der Waals surface area contributed by atoms with Gasteiger partial charge in [0.2, 0.25) is 5.95 Å². The highest BCUT2D eigenvalue weighted by Crippen LogP contribution is 2.46. The summed E-state index contributed by atoms with van der Waals surface area (Å²) in [5, 5.41) is 4.02. The molecule has 4 heterocycles. The van der Waals surface area contributed by atoms with Crippen molar-refractivity contribution in [3.05, 3.63) is 53.4 Å². The Morgan fingerprint density at radius 3 is 2.76 bits per heavy atom. The second-order valence-electron chi connectivity index (χ2n) is 7.42.